The fourth-order valence-corrected chi connectivity index (χ4v) is 1.96. The average Bonchev–Trinajstić information content (AvgIpc) is 2.69. The van der Waals surface area contributed by atoms with Gasteiger partial charge in [-0.25, -0.2) is 9.59 Å². The van der Waals surface area contributed by atoms with Gasteiger partial charge in [0.25, 0.3) is 0 Å². The predicted octanol–water partition coefficient (Wildman–Crippen LogP) is -0.692. The van der Waals surface area contributed by atoms with Gasteiger partial charge in [-0.15, -0.1) is 0 Å². The number of hydrogen-bond donors (Lipinski definition) is 4. The largest absolute Gasteiger partial charge is 0.481 e. The summed E-state index contributed by atoms with van der Waals surface area (Å²) in [6, 6.07) is -1.76. The third kappa shape index (κ3) is 5.56. The highest BCUT2D eigenvalue weighted by molar-refractivity contribution is 5.83. The van der Waals surface area contributed by atoms with E-state index in [4.69, 9.17) is 10.2 Å². The number of carboxylic acid groups (broad SMARTS) is 2. The summed E-state index contributed by atoms with van der Waals surface area (Å²) in [5, 5.41) is 22.4. The number of hydrogen-bond acceptors (Lipinski definition) is 4. The molecule has 0 aromatic carbocycles. The van der Waals surface area contributed by atoms with Crippen molar-refractivity contribution in [3.05, 3.63) is 0 Å². The van der Waals surface area contributed by atoms with Crippen molar-refractivity contribution in [3.8, 4) is 0 Å². The number of carboxylic acids is 2. The van der Waals surface area contributed by atoms with Gasteiger partial charge in [0.2, 0.25) is 0 Å². The van der Waals surface area contributed by atoms with Gasteiger partial charge in [0.15, 0.2) is 0 Å². The van der Waals surface area contributed by atoms with Crippen LogP contribution in [0.1, 0.15) is 19.3 Å². The Kier molecular flexibility index (Phi) is 5.56. The minimum atomic E-state index is -1.24. The summed E-state index contributed by atoms with van der Waals surface area (Å²) in [4.78, 5) is 35.0. The Hall–Kier alpha value is -1.83. The molecule has 8 nitrogen and oxygen atoms in total. The molecule has 1 saturated heterocycles. The minimum Gasteiger partial charge on any atom is -0.481 e. The van der Waals surface area contributed by atoms with Crippen molar-refractivity contribution >= 4 is 18.0 Å². The average molecular weight is 273 g/mol. The van der Waals surface area contributed by atoms with Gasteiger partial charge in [0.1, 0.15) is 6.04 Å². The zero-order chi connectivity index (χ0) is 14.4. The van der Waals surface area contributed by atoms with Crippen LogP contribution in [0.25, 0.3) is 0 Å². The molecule has 4 N–H and O–H groups in total. The minimum absolute atomic E-state index is 0.00100. The van der Waals surface area contributed by atoms with E-state index in [-0.39, 0.29) is 18.9 Å². The van der Waals surface area contributed by atoms with Crippen LogP contribution < -0.4 is 10.6 Å². The number of aliphatic carboxylic acids is 2. The summed E-state index contributed by atoms with van der Waals surface area (Å²) >= 11 is 0. The lowest BCUT2D eigenvalue weighted by atomic mass is 10.1. The van der Waals surface area contributed by atoms with Gasteiger partial charge in [-0.3, -0.25) is 4.79 Å². The van der Waals surface area contributed by atoms with Crippen molar-refractivity contribution in [1.29, 1.82) is 0 Å². The highest BCUT2D eigenvalue weighted by atomic mass is 16.4. The number of nitrogens with zero attached hydrogens (tertiary/aromatic N) is 1. The molecule has 8 heteroatoms. The Labute approximate surface area is 110 Å². The number of rotatable bonds is 6. The first-order valence-electron chi connectivity index (χ1n) is 6.08. The van der Waals surface area contributed by atoms with Gasteiger partial charge in [-0.2, -0.15) is 0 Å². The van der Waals surface area contributed by atoms with Gasteiger partial charge >= 0.3 is 18.0 Å². The van der Waals surface area contributed by atoms with E-state index in [1.165, 1.54) is 0 Å². The second kappa shape index (κ2) is 6.93. The standard InChI is InChI=1S/C11H19N3O5/c1-14-5-4-7(6-14)12-11(19)13-8(10(17)18)2-3-9(15)16/h7-8H,2-6H2,1H3,(H,15,16)(H,17,18)(H2,12,13,19). The molecule has 2 unspecified atom stereocenters. The molecule has 1 fully saturated rings. The molecule has 2 amide bonds. The fourth-order valence-electron chi connectivity index (χ4n) is 1.96. The maximum absolute atomic E-state index is 11.6. The number of nitrogens with one attached hydrogen (secondary N) is 2. The van der Waals surface area contributed by atoms with Crippen LogP contribution in [0.2, 0.25) is 0 Å². The van der Waals surface area contributed by atoms with Crippen LogP contribution >= 0.6 is 0 Å². The van der Waals surface area contributed by atoms with Crippen LogP contribution in [0.5, 0.6) is 0 Å². The van der Waals surface area contributed by atoms with Crippen molar-refractivity contribution in [2.24, 2.45) is 0 Å². The summed E-state index contributed by atoms with van der Waals surface area (Å²) in [5.41, 5.74) is 0. The Morgan fingerprint density at radius 1 is 1.37 bits per heavy atom. The molecular weight excluding hydrogens is 254 g/mol. The van der Waals surface area contributed by atoms with Crippen molar-refractivity contribution in [3.63, 3.8) is 0 Å². The normalized spacial score (nSPS) is 20.8. The molecule has 108 valence electrons. The highest BCUT2D eigenvalue weighted by Gasteiger charge is 2.24. The maximum atomic E-state index is 11.6. The summed E-state index contributed by atoms with van der Waals surface area (Å²) in [6.45, 7) is 1.60. The molecule has 0 bridgehead atoms. The molecule has 19 heavy (non-hydrogen) atoms. The van der Waals surface area contributed by atoms with Crippen LogP contribution in [0.3, 0.4) is 0 Å². The van der Waals surface area contributed by atoms with Crippen LogP contribution in [0.15, 0.2) is 0 Å². The lowest BCUT2D eigenvalue weighted by Crippen LogP contribution is -2.49. The van der Waals surface area contributed by atoms with Crippen LogP contribution in [-0.4, -0.2) is 65.3 Å². The first-order valence-corrected chi connectivity index (χ1v) is 6.08. The molecule has 0 aromatic heterocycles. The Morgan fingerprint density at radius 2 is 2.05 bits per heavy atom. The molecule has 0 aromatic rings. The second-order valence-electron chi connectivity index (χ2n) is 4.69. The zero-order valence-electron chi connectivity index (χ0n) is 10.8. The molecule has 0 saturated carbocycles. The number of amides is 2. The van der Waals surface area contributed by atoms with E-state index in [1.807, 2.05) is 7.05 Å². The molecule has 0 radical (unpaired) electrons. The maximum Gasteiger partial charge on any atom is 0.326 e. The monoisotopic (exact) mass is 273 g/mol. The summed E-state index contributed by atoms with van der Waals surface area (Å²) in [7, 11) is 1.94. The van der Waals surface area contributed by atoms with Gasteiger partial charge in [-0.05, 0) is 26.4 Å². The third-order valence-corrected chi connectivity index (χ3v) is 2.98. The first kappa shape index (κ1) is 15.2. The SMILES string of the molecule is CN1CCC(NC(=O)NC(CCC(=O)O)C(=O)O)C1. The van der Waals surface area contributed by atoms with Crippen LogP contribution in [-0.2, 0) is 9.59 Å². The van der Waals surface area contributed by atoms with E-state index in [1.54, 1.807) is 0 Å². The Morgan fingerprint density at radius 3 is 2.53 bits per heavy atom. The van der Waals surface area contributed by atoms with E-state index in [9.17, 15) is 14.4 Å². The molecule has 0 spiro atoms. The Bertz CT molecular complexity index is 360. The number of carbonyl (C=O) groups excluding carboxylic acids is 1. The van der Waals surface area contributed by atoms with Crippen molar-refractivity contribution in [2.75, 3.05) is 20.1 Å². The molecule has 2 atom stereocenters. The van der Waals surface area contributed by atoms with E-state index >= 15 is 0 Å². The van der Waals surface area contributed by atoms with Crippen molar-refractivity contribution < 1.29 is 24.6 Å². The molecule has 1 aliphatic rings. The number of likely N-dealkylation sites (tertiary alicyclic amines) is 1. The second-order valence-corrected chi connectivity index (χ2v) is 4.69. The summed E-state index contributed by atoms with van der Waals surface area (Å²) in [6.07, 6.45) is 0.378. The lowest BCUT2D eigenvalue weighted by molar-refractivity contribution is -0.140. The number of carbonyl (C=O) groups is 3. The van der Waals surface area contributed by atoms with Crippen molar-refractivity contribution in [1.82, 2.24) is 15.5 Å². The fraction of sp³-hybridized carbons (Fsp3) is 0.727. The number of urea groups is 1. The van der Waals surface area contributed by atoms with Gasteiger partial charge < -0.3 is 25.7 Å². The first-order chi connectivity index (χ1) is 8.88. The van der Waals surface area contributed by atoms with E-state index in [0.29, 0.717) is 0 Å². The molecule has 1 aliphatic heterocycles. The third-order valence-electron chi connectivity index (χ3n) is 2.98. The zero-order valence-corrected chi connectivity index (χ0v) is 10.8. The van der Waals surface area contributed by atoms with Crippen molar-refractivity contribution in [2.45, 2.75) is 31.3 Å². The summed E-state index contributed by atoms with van der Waals surface area (Å²) < 4.78 is 0. The van der Waals surface area contributed by atoms with E-state index in [2.05, 4.69) is 15.5 Å². The van der Waals surface area contributed by atoms with Crippen LogP contribution in [0, 0.1) is 0 Å². The molecule has 1 heterocycles. The Balaban J connectivity index is 2.38. The highest BCUT2D eigenvalue weighted by Crippen LogP contribution is 2.06. The van der Waals surface area contributed by atoms with Crippen LogP contribution in [0.4, 0.5) is 4.79 Å². The van der Waals surface area contributed by atoms with E-state index < -0.39 is 24.0 Å². The lowest BCUT2D eigenvalue weighted by Gasteiger charge is -2.17. The van der Waals surface area contributed by atoms with E-state index in [0.717, 1.165) is 19.5 Å². The van der Waals surface area contributed by atoms with Gasteiger partial charge in [-0.1, -0.05) is 0 Å². The predicted molar refractivity (Wildman–Crippen MR) is 65.9 cm³/mol. The topological polar surface area (TPSA) is 119 Å². The quantitative estimate of drug-likeness (QED) is 0.508. The summed E-state index contributed by atoms with van der Waals surface area (Å²) in [5.74, 6) is -2.33. The van der Waals surface area contributed by atoms with Gasteiger partial charge in [0, 0.05) is 19.0 Å². The molecule has 1 rings (SSSR count). The molecular formula is C11H19N3O5. The van der Waals surface area contributed by atoms with Gasteiger partial charge in [0.05, 0.1) is 0 Å². The molecule has 0 aliphatic carbocycles. The number of likely N-dealkylation sites (N-methyl/N-ethyl adjacent to an activating group) is 1. The smallest absolute Gasteiger partial charge is 0.326 e.